The fourth-order valence-corrected chi connectivity index (χ4v) is 4.54. The van der Waals surface area contributed by atoms with Crippen LogP contribution in [0.5, 0.6) is 0 Å². The maximum Gasteiger partial charge on any atom is 0.262 e. The van der Waals surface area contributed by atoms with Gasteiger partial charge in [-0.15, -0.1) is 11.3 Å². The Kier molecular flexibility index (Phi) is 5.54. The van der Waals surface area contributed by atoms with E-state index in [1.165, 1.54) is 10.4 Å². The molecule has 0 saturated carbocycles. The molecule has 5 heteroatoms. The van der Waals surface area contributed by atoms with Crippen LogP contribution in [0.25, 0.3) is 21.3 Å². The van der Waals surface area contributed by atoms with Crippen LogP contribution >= 0.6 is 11.3 Å². The first-order valence-corrected chi connectivity index (χ1v) is 10.2. The summed E-state index contributed by atoms with van der Waals surface area (Å²) >= 11 is 1.63. The maximum absolute atomic E-state index is 13.3. The molecule has 0 radical (unpaired) electrons. The van der Waals surface area contributed by atoms with Crippen LogP contribution in [0.4, 0.5) is 0 Å². The monoisotopic (exact) mass is 384 g/mol. The third kappa shape index (κ3) is 3.71. The molecule has 144 valence electrons. The predicted octanol–water partition coefficient (Wildman–Crippen LogP) is 4.94. The predicted molar refractivity (Wildman–Crippen MR) is 114 cm³/mol. The molecule has 3 rings (SSSR count). The minimum atomic E-state index is 0.0281. The fourth-order valence-electron chi connectivity index (χ4n) is 3.37. The number of thiophene rings is 1. The van der Waals surface area contributed by atoms with E-state index in [1.54, 1.807) is 23.0 Å². The highest BCUT2D eigenvalue weighted by Crippen LogP contribution is 2.37. The van der Waals surface area contributed by atoms with E-state index in [0.717, 1.165) is 33.6 Å². The average molecular weight is 385 g/mol. The first kappa shape index (κ1) is 19.8. The van der Waals surface area contributed by atoms with E-state index in [2.05, 4.69) is 52.0 Å². The van der Waals surface area contributed by atoms with Crippen molar-refractivity contribution < 1.29 is 4.74 Å². The number of fused-ring (bicyclic) bond motifs is 1. The van der Waals surface area contributed by atoms with E-state index in [4.69, 9.17) is 9.72 Å². The van der Waals surface area contributed by atoms with Gasteiger partial charge < -0.3 is 4.74 Å². The quantitative estimate of drug-likeness (QED) is 0.626. The van der Waals surface area contributed by atoms with Crippen molar-refractivity contribution in [3.63, 3.8) is 0 Å². The summed E-state index contributed by atoms with van der Waals surface area (Å²) in [7, 11) is 1.65. The lowest BCUT2D eigenvalue weighted by Crippen LogP contribution is -2.25. The number of methoxy groups -OCH3 is 1. The molecule has 0 saturated heterocycles. The third-order valence-corrected chi connectivity index (χ3v) is 6.18. The molecule has 0 atom stereocenters. The Bertz CT molecular complexity index is 1010. The summed E-state index contributed by atoms with van der Waals surface area (Å²) in [6.45, 7) is 11.7. The Hall–Kier alpha value is -1.98. The lowest BCUT2D eigenvalue weighted by atomic mass is 9.86. The third-order valence-electron chi connectivity index (χ3n) is 4.96. The van der Waals surface area contributed by atoms with Crippen LogP contribution in [0.15, 0.2) is 29.1 Å². The topological polar surface area (TPSA) is 44.1 Å². The van der Waals surface area contributed by atoms with Crippen molar-refractivity contribution in [2.24, 2.45) is 0 Å². The Balaban J connectivity index is 2.23. The Morgan fingerprint density at radius 3 is 2.41 bits per heavy atom. The normalized spacial score (nSPS) is 12.1. The van der Waals surface area contributed by atoms with Crippen LogP contribution in [0, 0.1) is 6.92 Å². The molecular weight excluding hydrogens is 356 g/mol. The van der Waals surface area contributed by atoms with E-state index in [1.807, 2.05) is 6.92 Å². The molecule has 0 aliphatic heterocycles. The molecule has 4 nitrogen and oxygen atoms in total. The second-order valence-electron chi connectivity index (χ2n) is 7.87. The fraction of sp³-hybridized carbons (Fsp3) is 0.455. The summed E-state index contributed by atoms with van der Waals surface area (Å²) in [4.78, 5) is 20.0. The molecule has 0 fully saturated rings. The highest BCUT2D eigenvalue weighted by Gasteiger charge is 2.20. The highest BCUT2D eigenvalue weighted by atomic mass is 32.1. The molecule has 0 bridgehead atoms. The number of aryl methyl sites for hydroxylation is 2. The van der Waals surface area contributed by atoms with Crippen molar-refractivity contribution in [2.45, 2.75) is 53.0 Å². The van der Waals surface area contributed by atoms with Gasteiger partial charge in [-0.3, -0.25) is 9.36 Å². The standard InChI is InChI=1S/C22H28N2O2S/c1-7-17-18(15-8-10-16(11-9-15)22(3,4)5)19-20(27-17)23-14(2)24(21(19)25)12-13-26-6/h8-11H,7,12-13H2,1-6H3. The molecule has 0 amide bonds. The number of ether oxygens (including phenoxy) is 1. The zero-order valence-electron chi connectivity index (χ0n) is 17.0. The van der Waals surface area contributed by atoms with E-state index >= 15 is 0 Å². The van der Waals surface area contributed by atoms with E-state index in [9.17, 15) is 4.79 Å². The Morgan fingerprint density at radius 2 is 1.85 bits per heavy atom. The number of hydrogen-bond acceptors (Lipinski definition) is 4. The van der Waals surface area contributed by atoms with E-state index in [-0.39, 0.29) is 11.0 Å². The van der Waals surface area contributed by atoms with Gasteiger partial charge in [0.25, 0.3) is 5.56 Å². The van der Waals surface area contributed by atoms with Crippen LogP contribution in [0.3, 0.4) is 0 Å². The van der Waals surface area contributed by atoms with Crippen LogP contribution in [0.1, 0.15) is 44.0 Å². The van der Waals surface area contributed by atoms with Gasteiger partial charge in [0.2, 0.25) is 0 Å². The SMILES string of the molecule is CCc1sc2nc(C)n(CCOC)c(=O)c2c1-c1ccc(C(C)(C)C)cc1. The molecule has 0 aliphatic carbocycles. The summed E-state index contributed by atoms with van der Waals surface area (Å²) < 4.78 is 6.90. The molecular formula is C22H28N2O2S. The number of benzene rings is 1. The summed E-state index contributed by atoms with van der Waals surface area (Å²) in [6.07, 6.45) is 0.883. The van der Waals surface area contributed by atoms with Gasteiger partial charge in [-0.2, -0.15) is 0 Å². The van der Waals surface area contributed by atoms with Gasteiger partial charge in [0, 0.05) is 17.6 Å². The smallest absolute Gasteiger partial charge is 0.262 e. The molecule has 2 heterocycles. The minimum Gasteiger partial charge on any atom is -0.383 e. The Labute approximate surface area is 164 Å². The molecule has 0 N–H and O–H groups in total. The first-order valence-electron chi connectivity index (χ1n) is 9.40. The van der Waals surface area contributed by atoms with Crippen LogP contribution < -0.4 is 5.56 Å². The van der Waals surface area contributed by atoms with Gasteiger partial charge in [0.05, 0.1) is 18.5 Å². The van der Waals surface area contributed by atoms with Gasteiger partial charge in [-0.25, -0.2) is 4.98 Å². The van der Waals surface area contributed by atoms with Gasteiger partial charge >= 0.3 is 0 Å². The lowest BCUT2D eigenvalue weighted by Gasteiger charge is -2.19. The lowest BCUT2D eigenvalue weighted by molar-refractivity contribution is 0.185. The van der Waals surface area contributed by atoms with E-state index < -0.39 is 0 Å². The van der Waals surface area contributed by atoms with Gasteiger partial charge in [0.15, 0.2) is 0 Å². The van der Waals surface area contributed by atoms with Crippen molar-refractivity contribution >= 4 is 21.6 Å². The van der Waals surface area contributed by atoms with Crippen molar-refractivity contribution in [2.75, 3.05) is 13.7 Å². The van der Waals surface area contributed by atoms with Gasteiger partial charge in [-0.05, 0) is 29.9 Å². The van der Waals surface area contributed by atoms with Crippen molar-refractivity contribution in [3.8, 4) is 11.1 Å². The van der Waals surface area contributed by atoms with E-state index in [0.29, 0.717) is 13.2 Å². The molecule has 1 aromatic carbocycles. The molecule has 0 spiro atoms. The zero-order valence-corrected chi connectivity index (χ0v) is 17.9. The van der Waals surface area contributed by atoms with Crippen molar-refractivity contribution in [1.29, 1.82) is 0 Å². The van der Waals surface area contributed by atoms with Crippen LogP contribution in [-0.4, -0.2) is 23.3 Å². The second-order valence-corrected chi connectivity index (χ2v) is 8.95. The summed E-state index contributed by atoms with van der Waals surface area (Å²) in [5, 5.41) is 0.738. The number of rotatable bonds is 5. The second kappa shape index (κ2) is 7.56. The summed E-state index contributed by atoms with van der Waals surface area (Å²) in [5.74, 6) is 0.739. The first-order chi connectivity index (χ1) is 12.8. The largest absolute Gasteiger partial charge is 0.383 e. The average Bonchev–Trinajstić information content (AvgIpc) is 2.99. The van der Waals surface area contributed by atoms with Crippen molar-refractivity contribution in [1.82, 2.24) is 9.55 Å². The summed E-state index contributed by atoms with van der Waals surface area (Å²) in [5.41, 5.74) is 3.55. The number of nitrogens with zero attached hydrogens (tertiary/aromatic N) is 2. The molecule has 0 aliphatic rings. The number of hydrogen-bond donors (Lipinski definition) is 0. The molecule has 3 aromatic rings. The maximum atomic E-state index is 13.3. The molecule has 0 unspecified atom stereocenters. The molecule has 27 heavy (non-hydrogen) atoms. The van der Waals surface area contributed by atoms with Crippen LogP contribution in [-0.2, 0) is 23.1 Å². The van der Waals surface area contributed by atoms with Gasteiger partial charge in [-0.1, -0.05) is 52.0 Å². The summed E-state index contributed by atoms with van der Waals surface area (Å²) in [6, 6.07) is 8.62. The number of aromatic nitrogens is 2. The Morgan fingerprint density at radius 1 is 1.19 bits per heavy atom. The molecule has 2 aromatic heterocycles. The van der Waals surface area contributed by atoms with Crippen molar-refractivity contribution in [3.05, 3.63) is 50.9 Å². The minimum absolute atomic E-state index is 0.0281. The zero-order chi connectivity index (χ0) is 19.8. The van der Waals surface area contributed by atoms with Crippen LogP contribution in [0.2, 0.25) is 0 Å². The van der Waals surface area contributed by atoms with Gasteiger partial charge in [0.1, 0.15) is 10.7 Å². The highest BCUT2D eigenvalue weighted by molar-refractivity contribution is 7.19.